The van der Waals surface area contributed by atoms with E-state index >= 15 is 0 Å². The number of aromatic nitrogens is 4. The first-order valence-corrected chi connectivity index (χ1v) is 11.8. The van der Waals surface area contributed by atoms with Crippen molar-refractivity contribution in [2.24, 2.45) is 5.73 Å². The fraction of sp³-hybridized carbons (Fsp3) is 0.333. The molecule has 2 heterocycles. The third kappa shape index (κ3) is 8.25. The Labute approximate surface area is 217 Å². The van der Waals surface area contributed by atoms with E-state index < -0.39 is 54.5 Å². The number of benzene rings is 1. The van der Waals surface area contributed by atoms with Crippen LogP contribution < -0.4 is 21.7 Å². The number of carboxylic acids is 1. The van der Waals surface area contributed by atoms with Gasteiger partial charge in [-0.15, -0.1) is 0 Å². The molecule has 202 valence electrons. The highest BCUT2D eigenvalue weighted by Crippen LogP contribution is 2.07. The molecule has 9 N–H and O–H groups in total. The van der Waals surface area contributed by atoms with Crippen LogP contribution in [-0.2, 0) is 38.4 Å². The van der Waals surface area contributed by atoms with Crippen molar-refractivity contribution in [1.29, 1.82) is 0 Å². The molecule has 0 aliphatic rings. The van der Waals surface area contributed by atoms with Crippen LogP contribution in [0.3, 0.4) is 0 Å². The van der Waals surface area contributed by atoms with Crippen LogP contribution in [0.4, 0.5) is 0 Å². The minimum atomic E-state index is -1.57. The molecule has 0 aliphatic carbocycles. The Morgan fingerprint density at radius 2 is 1.32 bits per heavy atom. The number of imidazole rings is 2. The number of nitrogens with zero attached hydrogens (tertiary/aromatic N) is 2. The van der Waals surface area contributed by atoms with Gasteiger partial charge in [-0.2, -0.15) is 0 Å². The minimum absolute atomic E-state index is 0.0549. The summed E-state index contributed by atoms with van der Waals surface area (Å²) in [6, 6.07) is 4.04. The molecule has 38 heavy (non-hydrogen) atoms. The first kappa shape index (κ1) is 28.0. The molecule has 4 atom stereocenters. The van der Waals surface area contributed by atoms with E-state index in [1.807, 2.05) is 6.07 Å². The maximum absolute atomic E-state index is 13.4. The molecule has 1 aromatic carbocycles. The predicted octanol–water partition coefficient (Wildman–Crippen LogP) is -1.98. The number of nitrogens with two attached hydrogens (primary N) is 1. The number of aliphatic hydroxyl groups is 1. The number of amides is 3. The third-order valence-electron chi connectivity index (χ3n) is 5.66. The van der Waals surface area contributed by atoms with E-state index in [9.17, 15) is 29.4 Å². The van der Waals surface area contributed by atoms with Crippen LogP contribution in [0, 0.1) is 0 Å². The lowest BCUT2D eigenvalue weighted by Crippen LogP contribution is -2.58. The number of hydrogen-bond acceptors (Lipinski definition) is 8. The summed E-state index contributed by atoms with van der Waals surface area (Å²) in [5, 5.41) is 25.9. The normalized spacial score (nSPS) is 14.1. The van der Waals surface area contributed by atoms with Crippen LogP contribution in [0.2, 0.25) is 0 Å². The maximum Gasteiger partial charge on any atom is 0.328 e. The largest absolute Gasteiger partial charge is 0.480 e. The highest BCUT2D eigenvalue weighted by atomic mass is 16.4. The summed E-state index contributed by atoms with van der Waals surface area (Å²) in [5.41, 5.74) is 7.92. The van der Waals surface area contributed by atoms with Crippen LogP contribution >= 0.6 is 0 Å². The summed E-state index contributed by atoms with van der Waals surface area (Å²) >= 11 is 0. The van der Waals surface area contributed by atoms with Crippen LogP contribution in [0.1, 0.15) is 17.0 Å². The number of hydrogen-bond donors (Lipinski definition) is 8. The van der Waals surface area contributed by atoms with Crippen LogP contribution in [0.5, 0.6) is 0 Å². The number of carbonyl (C=O) groups is 4. The third-order valence-corrected chi connectivity index (χ3v) is 5.66. The van der Waals surface area contributed by atoms with Crippen LogP contribution in [-0.4, -0.2) is 84.6 Å². The van der Waals surface area contributed by atoms with Crippen molar-refractivity contribution in [3.63, 3.8) is 0 Å². The summed E-state index contributed by atoms with van der Waals surface area (Å²) in [4.78, 5) is 63.9. The number of carboxylic acid groups (broad SMARTS) is 1. The molecular weight excluding hydrogens is 496 g/mol. The Bertz CT molecular complexity index is 1190. The SMILES string of the molecule is NC(Cc1cnc[nH]1)C(=O)NC(Cc1ccccc1)C(=O)NC(Cc1cnc[nH]1)C(=O)NC(CO)C(=O)O. The molecule has 0 bridgehead atoms. The second-order valence-corrected chi connectivity index (χ2v) is 8.56. The van der Waals surface area contributed by atoms with Crippen LogP contribution in [0.25, 0.3) is 0 Å². The zero-order chi connectivity index (χ0) is 27.5. The average molecular weight is 527 g/mol. The molecular formula is C24H30N8O6. The Morgan fingerprint density at radius 1 is 0.789 bits per heavy atom. The molecule has 0 saturated heterocycles. The number of nitrogens with one attached hydrogen (secondary N) is 5. The second kappa shape index (κ2) is 13.7. The van der Waals surface area contributed by atoms with E-state index in [1.54, 1.807) is 24.3 Å². The van der Waals surface area contributed by atoms with Gasteiger partial charge in [0.2, 0.25) is 17.7 Å². The summed E-state index contributed by atoms with van der Waals surface area (Å²) in [6.45, 7) is -0.841. The van der Waals surface area contributed by atoms with Gasteiger partial charge in [0, 0.05) is 43.0 Å². The van der Waals surface area contributed by atoms with Gasteiger partial charge in [-0.25, -0.2) is 14.8 Å². The number of H-pyrrole nitrogens is 2. The maximum atomic E-state index is 13.4. The monoisotopic (exact) mass is 526 g/mol. The van der Waals surface area contributed by atoms with Gasteiger partial charge in [-0.05, 0) is 5.56 Å². The molecule has 4 unspecified atom stereocenters. The number of carbonyl (C=O) groups excluding carboxylic acids is 3. The van der Waals surface area contributed by atoms with Gasteiger partial charge >= 0.3 is 5.97 Å². The van der Waals surface area contributed by atoms with Crippen molar-refractivity contribution in [3.05, 3.63) is 72.3 Å². The van der Waals surface area contributed by atoms with Crippen molar-refractivity contribution in [2.75, 3.05) is 6.61 Å². The van der Waals surface area contributed by atoms with Gasteiger partial charge < -0.3 is 41.9 Å². The zero-order valence-electron chi connectivity index (χ0n) is 20.3. The Kier molecular flexibility index (Phi) is 10.1. The van der Waals surface area contributed by atoms with Crippen LogP contribution in [0.15, 0.2) is 55.4 Å². The molecule has 14 nitrogen and oxygen atoms in total. The highest BCUT2D eigenvalue weighted by molar-refractivity contribution is 5.94. The van der Waals surface area contributed by atoms with Gasteiger partial charge in [0.05, 0.1) is 25.3 Å². The van der Waals surface area contributed by atoms with Gasteiger partial charge in [0.15, 0.2) is 0 Å². The second-order valence-electron chi connectivity index (χ2n) is 8.56. The summed E-state index contributed by atoms with van der Waals surface area (Å²) < 4.78 is 0. The summed E-state index contributed by atoms with van der Waals surface area (Å²) in [7, 11) is 0. The van der Waals surface area contributed by atoms with Crippen molar-refractivity contribution in [1.82, 2.24) is 35.9 Å². The molecule has 3 amide bonds. The molecule has 3 rings (SSSR count). The topological polar surface area (TPSA) is 228 Å². The quantitative estimate of drug-likeness (QED) is 0.116. The highest BCUT2D eigenvalue weighted by Gasteiger charge is 2.31. The Morgan fingerprint density at radius 3 is 1.84 bits per heavy atom. The number of aliphatic carboxylic acids is 1. The molecule has 2 aromatic heterocycles. The average Bonchev–Trinajstić information content (AvgIpc) is 3.61. The Balaban J connectivity index is 1.78. The van der Waals surface area contributed by atoms with Crippen molar-refractivity contribution in [2.45, 2.75) is 43.4 Å². The van der Waals surface area contributed by atoms with Crippen molar-refractivity contribution in [3.8, 4) is 0 Å². The summed E-state index contributed by atoms with van der Waals surface area (Å²) in [5.74, 6) is -3.55. The van der Waals surface area contributed by atoms with Crippen molar-refractivity contribution >= 4 is 23.7 Å². The lowest BCUT2D eigenvalue weighted by molar-refractivity contribution is -0.143. The predicted molar refractivity (Wildman–Crippen MR) is 133 cm³/mol. The summed E-state index contributed by atoms with van der Waals surface area (Å²) in [6.07, 6.45) is 6.04. The van der Waals surface area contributed by atoms with Gasteiger partial charge in [-0.3, -0.25) is 14.4 Å². The van der Waals surface area contributed by atoms with Gasteiger partial charge in [0.1, 0.15) is 18.1 Å². The Hall–Kier alpha value is -4.56. The first-order valence-electron chi connectivity index (χ1n) is 11.8. The first-order chi connectivity index (χ1) is 18.3. The number of aliphatic hydroxyl groups excluding tert-OH is 1. The smallest absolute Gasteiger partial charge is 0.328 e. The zero-order valence-corrected chi connectivity index (χ0v) is 20.3. The van der Waals surface area contributed by atoms with E-state index in [0.717, 1.165) is 5.56 Å². The number of aromatic amines is 2. The fourth-order valence-corrected chi connectivity index (χ4v) is 3.62. The molecule has 14 heteroatoms. The van der Waals surface area contributed by atoms with Gasteiger partial charge in [0.25, 0.3) is 0 Å². The fourth-order valence-electron chi connectivity index (χ4n) is 3.62. The van der Waals surface area contributed by atoms with E-state index in [1.165, 1.54) is 25.0 Å². The van der Waals surface area contributed by atoms with Gasteiger partial charge in [-0.1, -0.05) is 30.3 Å². The minimum Gasteiger partial charge on any atom is -0.480 e. The van der Waals surface area contributed by atoms with E-state index in [0.29, 0.717) is 11.4 Å². The standard InChI is InChI=1S/C24H30N8O6/c25-17(7-15-9-26-12-28-15)21(34)30-18(6-14-4-2-1-3-5-14)22(35)31-19(8-16-10-27-13-29-16)23(36)32-20(11-33)24(37)38/h1-5,9-10,12-13,17-20,33H,6-8,11,25H2,(H,26,28)(H,27,29)(H,30,34)(H,31,35)(H,32,36)(H,37,38). The van der Waals surface area contributed by atoms with E-state index in [4.69, 9.17) is 5.73 Å². The molecule has 0 radical (unpaired) electrons. The lowest BCUT2D eigenvalue weighted by atomic mass is 10.0. The van der Waals surface area contributed by atoms with E-state index in [-0.39, 0.29) is 19.3 Å². The molecule has 0 aliphatic heterocycles. The molecule has 0 spiro atoms. The number of rotatable bonds is 14. The molecule has 0 saturated carbocycles. The molecule has 0 fully saturated rings. The molecule has 3 aromatic rings. The lowest BCUT2D eigenvalue weighted by Gasteiger charge is -2.25. The van der Waals surface area contributed by atoms with Crippen molar-refractivity contribution < 1.29 is 29.4 Å². The van der Waals surface area contributed by atoms with E-state index in [2.05, 4.69) is 35.9 Å².